The number of carbonyl (C=O) groups excluding carboxylic acids is 1. The van der Waals surface area contributed by atoms with E-state index < -0.39 is 0 Å². The molecule has 1 saturated carbocycles. The highest BCUT2D eigenvalue weighted by Crippen LogP contribution is 2.30. The van der Waals surface area contributed by atoms with Gasteiger partial charge < -0.3 is 5.32 Å². The molecule has 2 amide bonds. The molecule has 130 valence electrons. The third kappa shape index (κ3) is 4.72. The summed E-state index contributed by atoms with van der Waals surface area (Å²) in [5.41, 5.74) is 3.28. The lowest BCUT2D eigenvalue weighted by Crippen LogP contribution is -2.37. The number of amides is 2. The zero-order valence-electron chi connectivity index (χ0n) is 14.8. The van der Waals surface area contributed by atoms with Gasteiger partial charge in [-0.25, -0.2) is 4.79 Å². The average Bonchev–Trinajstić information content (AvgIpc) is 3.20. The van der Waals surface area contributed by atoms with Crippen molar-refractivity contribution in [1.82, 2.24) is 5.32 Å². The molecule has 3 rings (SSSR count). The van der Waals surface area contributed by atoms with Crippen LogP contribution in [0.2, 0.25) is 0 Å². The summed E-state index contributed by atoms with van der Waals surface area (Å²) in [6.07, 6.45) is 6.98. The fourth-order valence-corrected chi connectivity index (χ4v) is 3.41. The van der Waals surface area contributed by atoms with E-state index in [1.807, 2.05) is 66.9 Å². The molecule has 0 bridgehead atoms. The Morgan fingerprint density at radius 3 is 2.28 bits per heavy atom. The van der Waals surface area contributed by atoms with Gasteiger partial charge in [0, 0.05) is 11.9 Å². The van der Waals surface area contributed by atoms with Crippen molar-refractivity contribution < 1.29 is 4.79 Å². The molecule has 1 N–H and O–H groups in total. The quantitative estimate of drug-likeness (QED) is 0.769. The Morgan fingerprint density at radius 2 is 1.64 bits per heavy atom. The topological polar surface area (TPSA) is 32.3 Å². The van der Waals surface area contributed by atoms with Crippen molar-refractivity contribution in [2.24, 2.45) is 5.92 Å². The number of hydrogen-bond acceptors (Lipinski definition) is 1. The van der Waals surface area contributed by atoms with Gasteiger partial charge in [0.15, 0.2) is 0 Å². The molecule has 2 aromatic rings. The summed E-state index contributed by atoms with van der Waals surface area (Å²) < 4.78 is 0. The first-order chi connectivity index (χ1) is 12.2. The van der Waals surface area contributed by atoms with Gasteiger partial charge in [0.25, 0.3) is 0 Å². The molecule has 2 aromatic carbocycles. The summed E-state index contributed by atoms with van der Waals surface area (Å²) in [6.45, 7) is 2.67. The van der Waals surface area contributed by atoms with Crippen molar-refractivity contribution >= 4 is 11.7 Å². The summed E-state index contributed by atoms with van der Waals surface area (Å²) in [5, 5.41) is 3.00. The van der Waals surface area contributed by atoms with E-state index in [9.17, 15) is 4.79 Å². The van der Waals surface area contributed by atoms with Crippen LogP contribution in [0.3, 0.4) is 0 Å². The van der Waals surface area contributed by atoms with Crippen LogP contribution in [0, 0.1) is 5.92 Å². The first-order valence-electron chi connectivity index (χ1n) is 9.08. The van der Waals surface area contributed by atoms with Gasteiger partial charge in [-0.15, -0.1) is 0 Å². The second-order valence-corrected chi connectivity index (χ2v) is 6.73. The van der Waals surface area contributed by atoms with Crippen LogP contribution in [0.1, 0.15) is 38.2 Å². The maximum Gasteiger partial charge on any atom is 0.326 e. The van der Waals surface area contributed by atoms with Gasteiger partial charge in [0.2, 0.25) is 0 Å². The molecule has 0 aliphatic heterocycles. The molecule has 1 fully saturated rings. The molecule has 1 aliphatic carbocycles. The molecule has 0 radical (unpaired) electrons. The number of nitrogens with one attached hydrogen (secondary N) is 1. The predicted molar refractivity (Wildman–Crippen MR) is 103 cm³/mol. The highest BCUT2D eigenvalue weighted by atomic mass is 16.2. The normalized spacial score (nSPS) is 15.2. The van der Waals surface area contributed by atoms with Crippen LogP contribution in [0.5, 0.6) is 0 Å². The lowest BCUT2D eigenvalue weighted by atomic mass is 10.0. The van der Waals surface area contributed by atoms with Gasteiger partial charge in [0.05, 0.1) is 6.54 Å². The Hall–Kier alpha value is -2.55. The van der Waals surface area contributed by atoms with Crippen molar-refractivity contribution in [1.29, 1.82) is 0 Å². The van der Waals surface area contributed by atoms with E-state index in [-0.39, 0.29) is 6.03 Å². The molecule has 3 nitrogen and oxygen atoms in total. The van der Waals surface area contributed by atoms with Crippen LogP contribution in [0.25, 0.3) is 0 Å². The standard InChI is InChI=1S/C22H26N2O/c1-18(20-12-8-9-13-20)16-23-22(25)24(21-14-6-3-7-15-21)17-19-10-4-2-5-11-19/h2-7,10-11,14-16,20H,8-9,12-13,17H2,1H3,(H,23,25)/b18-16+. The number of rotatable bonds is 5. The van der Waals surface area contributed by atoms with Gasteiger partial charge in [-0.05, 0) is 43.4 Å². The lowest BCUT2D eigenvalue weighted by Gasteiger charge is -2.23. The zero-order valence-corrected chi connectivity index (χ0v) is 14.8. The maximum atomic E-state index is 12.8. The summed E-state index contributed by atoms with van der Waals surface area (Å²) in [6, 6.07) is 19.8. The molecule has 1 aliphatic rings. The Labute approximate surface area is 150 Å². The van der Waals surface area contributed by atoms with Crippen LogP contribution >= 0.6 is 0 Å². The molecule has 25 heavy (non-hydrogen) atoms. The molecule has 0 saturated heterocycles. The largest absolute Gasteiger partial charge is 0.326 e. The van der Waals surface area contributed by atoms with E-state index in [2.05, 4.69) is 12.2 Å². The second-order valence-electron chi connectivity index (χ2n) is 6.73. The Kier molecular flexibility index (Phi) is 5.89. The van der Waals surface area contributed by atoms with Crippen molar-refractivity contribution in [3.63, 3.8) is 0 Å². The Morgan fingerprint density at radius 1 is 1.04 bits per heavy atom. The molecule has 0 aromatic heterocycles. The minimum Gasteiger partial charge on any atom is -0.314 e. The number of anilines is 1. The fraction of sp³-hybridized carbons (Fsp3) is 0.318. The van der Waals surface area contributed by atoms with Crippen molar-refractivity contribution in [2.75, 3.05) is 4.90 Å². The van der Waals surface area contributed by atoms with Crippen LogP contribution < -0.4 is 10.2 Å². The summed E-state index contributed by atoms with van der Waals surface area (Å²) >= 11 is 0. The third-order valence-electron chi connectivity index (χ3n) is 4.92. The average molecular weight is 334 g/mol. The van der Waals surface area contributed by atoms with E-state index in [4.69, 9.17) is 0 Å². The van der Waals surface area contributed by atoms with Crippen LogP contribution in [0.4, 0.5) is 10.5 Å². The number of carbonyl (C=O) groups is 1. The van der Waals surface area contributed by atoms with Crippen LogP contribution in [-0.4, -0.2) is 6.03 Å². The zero-order chi connectivity index (χ0) is 17.5. The molecular formula is C22H26N2O. The first kappa shape index (κ1) is 17.3. The molecule has 0 atom stereocenters. The van der Waals surface area contributed by atoms with E-state index in [0.717, 1.165) is 11.3 Å². The number of para-hydroxylation sites is 1. The number of benzene rings is 2. The van der Waals surface area contributed by atoms with Gasteiger partial charge in [-0.3, -0.25) is 4.90 Å². The first-order valence-corrected chi connectivity index (χ1v) is 9.08. The Balaban J connectivity index is 1.74. The fourth-order valence-electron chi connectivity index (χ4n) is 3.41. The molecule has 0 heterocycles. The predicted octanol–water partition coefficient (Wildman–Crippen LogP) is 5.50. The van der Waals surface area contributed by atoms with E-state index in [0.29, 0.717) is 12.5 Å². The Bertz CT molecular complexity index is 703. The highest BCUT2D eigenvalue weighted by molar-refractivity contribution is 5.92. The molecule has 0 unspecified atom stereocenters. The van der Waals surface area contributed by atoms with Gasteiger partial charge in [-0.2, -0.15) is 0 Å². The van der Waals surface area contributed by atoms with Gasteiger partial charge in [-0.1, -0.05) is 66.9 Å². The SMILES string of the molecule is C/C(=C\NC(=O)N(Cc1ccccc1)c1ccccc1)C1CCCC1. The van der Waals surface area contributed by atoms with Crippen LogP contribution in [-0.2, 0) is 6.54 Å². The second kappa shape index (κ2) is 8.52. The van der Waals surface area contributed by atoms with Crippen LogP contribution in [0.15, 0.2) is 72.4 Å². The lowest BCUT2D eigenvalue weighted by molar-refractivity contribution is 0.249. The number of urea groups is 1. The third-order valence-corrected chi connectivity index (χ3v) is 4.92. The minimum atomic E-state index is -0.0904. The molecule has 3 heteroatoms. The summed E-state index contributed by atoms with van der Waals surface area (Å²) in [4.78, 5) is 14.6. The number of nitrogens with zero attached hydrogens (tertiary/aromatic N) is 1. The number of hydrogen-bond donors (Lipinski definition) is 1. The van der Waals surface area contributed by atoms with E-state index in [1.54, 1.807) is 4.90 Å². The van der Waals surface area contributed by atoms with E-state index >= 15 is 0 Å². The highest BCUT2D eigenvalue weighted by Gasteiger charge is 2.18. The monoisotopic (exact) mass is 334 g/mol. The summed E-state index contributed by atoms with van der Waals surface area (Å²) in [5.74, 6) is 0.625. The van der Waals surface area contributed by atoms with Crippen molar-refractivity contribution in [2.45, 2.75) is 39.2 Å². The van der Waals surface area contributed by atoms with Gasteiger partial charge >= 0.3 is 6.03 Å². The molecule has 0 spiro atoms. The van der Waals surface area contributed by atoms with Gasteiger partial charge in [0.1, 0.15) is 0 Å². The van der Waals surface area contributed by atoms with E-state index in [1.165, 1.54) is 31.3 Å². The maximum absolute atomic E-state index is 12.8. The minimum absolute atomic E-state index is 0.0904. The molecular weight excluding hydrogens is 308 g/mol. The smallest absolute Gasteiger partial charge is 0.314 e. The summed E-state index contributed by atoms with van der Waals surface area (Å²) in [7, 11) is 0. The number of allylic oxidation sites excluding steroid dienone is 1. The van der Waals surface area contributed by atoms with Crippen molar-refractivity contribution in [3.8, 4) is 0 Å². The van der Waals surface area contributed by atoms with Crippen molar-refractivity contribution in [3.05, 3.63) is 78.0 Å².